The molecule has 127 valence electrons. The third-order valence-corrected chi connectivity index (χ3v) is 3.04. The molecule has 22 heavy (non-hydrogen) atoms. The minimum absolute atomic E-state index is 0. The van der Waals surface area contributed by atoms with Crippen molar-refractivity contribution in [3.05, 3.63) is 0 Å². The van der Waals surface area contributed by atoms with Gasteiger partial charge in [-0.25, -0.2) is 0 Å². The molecule has 0 aliphatic rings. The maximum atomic E-state index is 10.1. The van der Waals surface area contributed by atoms with Gasteiger partial charge < -0.3 is 15.9 Å². The molecule has 0 saturated carbocycles. The summed E-state index contributed by atoms with van der Waals surface area (Å²) < 4.78 is 0. The summed E-state index contributed by atoms with van der Waals surface area (Å²) in [5.74, 6) is -1.22. The number of aliphatic carboxylic acids is 2. The van der Waals surface area contributed by atoms with Crippen LogP contribution < -0.4 is 5.73 Å². The molecule has 0 bridgehead atoms. The number of nitrogens with two attached hydrogens (primary N) is 1. The van der Waals surface area contributed by atoms with E-state index in [9.17, 15) is 9.59 Å². The molecule has 0 aliphatic heterocycles. The van der Waals surface area contributed by atoms with Crippen molar-refractivity contribution in [1.82, 2.24) is 0 Å². The van der Waals surface area contributed by atoms with Gasteiger partial charge in [-0.3, -0.25) is 9.59 Å². The molecule has 0 aromatic rings. The summed E-state index contributed by atoms with van der Waals surface area (Å²) in [6, 6.07) is -0.690. The van der Waals surface area contributed by atoms with Crippen LogP contribution >= 0.6 is 0 Å². The Morgan fingerprint density at radius 3 is 1.73 bits per heavy atom. The Kier molecular flexibility index (Phi) is 23.1. The van der Waals surface area contributed by atoms with Gasteiger partial charge in [0.1, 0.15) is 6.04 Å². The second-order valence-electron chi connectivity index (χ2n) is 5.84. The van der Waals surface area contributed by atoms with Crippen LogP contribution in [0.5, 0.6) is 0 Å². The molecule has 5 nitrogen and oxygen atoms in total. The molecular weight excluding hydrogens is 293 g/mol. The zero-order chi connectivity index (χ0) is 16.7. The normalized spacial score (nSPS) is 11.1. The smallest absolute Gasteiger partial charge is 0.320 e. The van der Waals surface area contributed by atoms with Gasteiger partial charge in [-0.05, 0) is 18.8 Å². The van der Waals surface area contributed by atoms with Crippen LogP contribution in [-0.4, -0.2) is 57.8 Å². The minimum atomic E-state index is -0.913. The van der Waals surface area contributed by atoms with Crippen LogP contribution in [0.1, 0.15) is 78.6 Å². The summed E-state index contributed by atoms with van der Waals surface area (Å²) >= 11 is 0. The van der Waals surface area contributed by atoms with Crippen molar-refractivity contribution >= 4 is 41.5 Å². The standard InChI is InChI=1S/C10H20O2.C6H13NO2.Na/c1-2-3-4-5-6-7-8-9-10(11)12;1-4(2)3-5(7)6(8)9;/h2-9H2,1H3,(H,11,12);4-5H,3,7H2,1-2H3,(H,8,9);/t;5-;/m.0./s1. The SMILES string of the molecule is CC(C)C[C@H](N)C(=O)O.CCCCCCCCCC(=O)O.[Na]. The van der Waals surface area contributed by atoms with Crippen molar-refractivity contribution in [2.24, 2.45) is 11.7 Å². The van der Waals surface area contributed by atoms with Crippen molar-refractivity contribution < 1.29 is 19.8 Å². The van der Waals surface area contributed by atoms with E-state index in [0.717, 1.165) is 12.8 Å². The zero-order valence-electron chi connectivity index (χ0n) is 14.8. The van der Waals surface area contributed by atoms with Crippen molar-refractivity contribution in [1.29, 1.82) is 0 Å². The molecule has 0 fully saturated rings. The summed E-state index contributed by atoms with van der Waals surface area (Å²) in [4.78, 5) is 20.2. The van der Waals surface area contributed by atoms with Crippen LogP contribution in [0.4, 0.5) is 0 Å². The maximum absolute atomic E-state index is 10.1. The predicted molar refractivity (Wildman–Crippen MR) is 91.1 cm³/mol. The Labute approximate surface area is 157 Å². The van der Waals surface area contributed by atoms with E-state index in [4.69, 9.17) is 15.9 Å². The molecule has 0 aromatic heterocycles. The van der Waals surface area contributed by atoms with Gasteiger partial charge in [-0.1, -0.05) is 59.3 Å². The van der Waals surface area contributed by atoms with Crippen molar-refractivity contribution in [3.8, 4) is 0 Å². The van der Waals surface area contributed by atoms with Crippen LogP contribution in [-0.2, 0) is 9.59 Å². The van der Waals surface area contributed by atoms with Crippen LogP contribution in [0.25, 0.3) is 0 Å². The topological polar surface area (TPSA) is 101 Å². The van der Waals surface area contributed by atoms with Crippen LogP contribution in [0.3, 0.4) is 0 Å². The first-order chi connectivity index (χ1) is 9.81. The van der Waals surface area contributed by atoms with Gasteiger partial charge in [0.05, 0.1) is 0 Å². The Hall–Kier alpha value is -0.100. The summed E-state index contributed by atoms with van der Waals surface area (Å²) in [6.45, 7) is 6.09. The molecule has 1 radical (unpaired) electrons. The fourth-order valence-electron chi connectivity index (χ4n) is 1.84. The molecule has 0 spiro atoms. The monoisotopic (exact) mass is 326 g/mol. The van der Waals surface area contributed by atoms with E-state index in [-0.39, 0.29) is 29.6 Å². The Morgan fingerprint density at radius 2 is 1.41 bits per heavy atom. The fourth-order valence-corrected chi connectivity index (χ4v) is 1.84. The number of carboxylic acids is 2. The molecule has 0 rings (SSSR count). The van der Waals surface area contributed by atoms with Gasteiger partial charge in [0, 0.05) is 36.0 Å². The molecule has 0 unspecified atom stereocenters. The van der Waals surface area contributed by atoms with Gasteiger partial charge >= 0.3 is 11.9 Å². The molecule has 0 saturated heterocycles. The number of rotatable bonds is 11. The molecule has 4 N–H and O–H groups in total. The quantitative estimate of drug-likeness (QED) is 0.399. The molecule has 0 aliphatic carbocycles. The van der Waals surface area contributed by atoms with Crippen molar-refractivity contribution in [2.75, 3.05) is 0 Å². The van der Waals surface area contributed by atoms with E-state index in [1.807, 2.05) is 13.8 Å². The van der Waals surface area contributed by atoms with Crippen LogP contribution in [0.2, 0.25) is 0 Å². The van der Waals surface area contributed by atoms with E-state index in [0.29, 0.717) is 18.8 Å². The molecule has 0 aromatic carbocycles. The van der Waals surface area contributed by atoms with E-state index >= 15 is 0 Å². The van der Waals surface area contributed by atoms with Crippen LogP contribution in [0, 0.1) is 5.92 Å². The van der Waals surface area contributed by atoms with Crippen LogP contribution in [0.15, 0.2) is 0 Å². The van der Waals surface area contributed by atoms with E-state index < -0.39 is 18.0 Å². The summed E-state index contributed by atoms with van der Waals surface area (Å²) in [5, 5.41) is 16.7. The van der Waals surface area contributed by atoms with Crippen molar-refractivity contribution in [2.45, 2.75) is 84.6 Å². The average Bonchev–Trinajstić information content (AvgIpc) is 2.37. The molecule has 1 atom stereocenters. The second kappa shape index (κ2) is 18.9. The second-order valence-corrected chi connectivity index (χ2v) is 5.84. The Morgan fingerprint density at radius 1 is 0.955 bits per heavy atom. The van der Waals surface area contributed by atoms with Gasteiger partial charge in [0.15, 0.2) is 0 Å². The van der Waals surface area contributed by atoms with Gasteiger partial charge in [-0.2, -0.15) is 0 Å². The van der Waals surface area contributed by atoms with Gasteiger partial charge in [0.25, 0.3) is 0 Å². The summed E-state index contributed by atoms with van der Waals surface area (Å²) in [6.07, 6.45) is 9.19. The Bertz CT molecular complexity index is 273. The third-order valence-electron chi connectivity index (χ3n) is 3.04. The largest absolute Gasteiger partial charge is 0.481 e. The zero-order valence-corrected chi connectivity index (χ0v) is 16.8. The van der Waals surface area contributed by atoms with Gasteiger partial charge in [0.2, 0.25) is 0 Å². The maximum Gasteiger partial charge on any atom is 0.320 e. The third kappa shape index (κ3) is 24.9. The first-order valence-electron chi connectivity index (χ1n) is 8.01. The fraction of sp³-hybridized carbons (Fsp3) is 0.875. The van der Waals surface area contributed by atoms with E-state index in [2.05, 4.69) is 6.92 Å². The number of carbonyl (C=O) groups is 2. The van der Waals surface area contributed by atoms with E-state index in [1.54, 1.807) is 0 Å². The number of hydrogen-bond acceptors (Lipinski definition) is 3. The van der Waals surface area contributed by atoms with Gasteiger partial charge in [-0.15, -0.1) is 0 Å². The average molecular weight is 326 g/mol. The van der Waals surface area contributed by atoms with Crippen molar-refractivity contribution in [3.63, 3.8) is 0 Å². The molecule has 6 heteroatoms. The first-order valence-corrected chi connectivity index (χ1v) is 8.01. The molecule has 0 amide bonds. The summed E-state index contributed by atoms with van der Waals surface area (Å²) in [5.41, 5.74) is 5.22. The minimum Gasteiger partial charge on any atom is -0.481 e. The summed E-state index contributed by atoms with van der Waals surface area (Å²) in [7, 11) is 0. The first kappa shape index (κ1) is 26.8. The predicted octanol–water partition coefficient (Wildman–Crippen LogP) is 3.28. The van der Waals surface area contributed by atoms with E-state index in [1.165, 1.54) is 32.1 Å². The number of unbranched alkanes of at least 4 members (excludes halogenated alkanes) is 6. The molecule has 0 heterocycles. The molecular formula is C16H33NNaO4. The number of hydrogen-bond donors (Lipinski definition) is 3. The Balaban J connectivity index is -0.000000326. The number of carboxylic acid groups (broad SMARTS) is 2.